The monoisotopic (exact) mass is 255 g/mol. The summed E-state index contributed by atoms with van der Waals surface area (Å²) in [7, 11) is 0. The fraction of sp³-hybridized carbons (Fsp3) is 0.846. The first-order chi connectivity index (χ1) is 8.26. The number of nitrogens with zero attached hydrogens (tertiary/aromatic N) is 1. The molecule has 5 nitrogen and oxygen atoms in total. The van der Waals surface area contributed by atoms with Crippen molar-refractivity contribution in [3.8, 4) is 0 Å². The van der Waals surface area contributed by atoms with Crippen molar-refractivity contribution < 1.29 is 19.4 Å². The van der Waals surface area contributed by atoms with Crippen LogP contribution in [0.1, 0.15) is 46.5 Å². The highest BCUT2D eigenvalue weighted by Crippen LogP contribution is 2.52. The molecule has 1 aliphatic heterocycles. The van der Waals surface area contributed by atoms with Crippen LogP contribution in [0.2, 0.25) is 0 Å². The van der Waals surface area contributed by atoms with Crippen LogP contribution in [-0.4, -0.2) is 39.8 Å². The van der Waals surface area contributed by atoms with E-state index < -0.39 is 23.0 Å². The minimum absolute atomic E-state index is 0.369. The van der Waals surface area contributed by atoms with Gasteiger partial charge in [0.2, 0.25) is 0 Å². The summed E-state index contributed by atoms with van der Waals surface area (Å²) in [5.41, 5.74) is -1.00. The third-order valence-corrected chi connectivity index (χ3v) is 3.73. The summed E-state index contributed by atoms with van der Waals surface area (Å²) < 4.78 is 5.37. The standard InChI is InChI=1S/C13H21NO4/c1-12(2,3)18-11(17)14-8-4-5-9(10(15)16)13(14)6-7-13/h9H,4-8H2,1-3H3,(H,15,16). The molecule has 1 atom stereocenters. The zero-order valence-electron chi connectivity index (χ0n) is 11.2. The zero-order chi connectivity index (χ0) is 13.6. The Bertz CT molecular complexity index is 368. The van der Waals surface area contributed by atoms with Gasteiger partial charge in [0.15, 0.2) is 0 Å². The van der Waals surface area contributed by atoms with Crippen LogP contribution < -0.4 is 0 Å². The zero-order valence-corrected chi connectivity index (χ0v) is 11.2. The summed E-state index contributed by atoms with van der Waals surface area (Å²) in [5.74, 6) is -1.22. The van der Waals surface area contributed by atoms with E-state index in [9.17, 15) is 14.7 Å². The number of carboxylic acids is 1. The summed E-state index contributed by atoms with van der Waals surface area (Å²) in [4.78, 5) is 25.1. The van der Waals surface area contributed by atoms with Gasteiger partial charge in [0.1, 0.15) is 5.60 Å². The molecule has 102 valence electrons. The first-order valence-electron chi connectivity index (χ1n) is 6.50. The maximum Gasteiger partial charge on any atom is 0.410 e. The highest BCUT2D eigenvalue weighted by atomic mass is 16.6. The van der Waals surface area contributed by atoms with Gasteiger partial charge < -0.3 is 14.7 Å². The second-order valence-corrected chi connectivity index (χ2v) is 6.27. The Morgan fingerprint density at radius 2 is 1.94 bits per heavy atom. The number of ether oxygens (including phenoxy) is 1. The summed E-state index contributed by atoms with van der Waals surface area (Å²) in [6, 6.07) is 0. The molecule has 1 spiro atoms. The van der Waals surface area contributed by atoms with E-state index in [0.717, 1.165) is 19.3 Å². The van der Waals surface area contributed by atoms with Crippen LogP contribution in [0.4, 0.5) is 4.79 Å². The predicted octanol–water partition coefficient (Wildman–Crippen LogP) is 2.25. The van der Waals surface area contributed by atoms with Crippen LogP contribution in [0.25, 0.3) is 0 Å². The van der Waals surface area contributed by atoms with E-state index in [4.69, 9.17) is 4.74 Å². The van der Waals surface area contributed by atoms with Crippen molar-refractivity contribution >= 4 is 12.1 Å². The van der Waals surface area contributed by atoms with E-state index in [1.54, 1.807) is 4.90 Å². The molecule has 2 aliphatic rings. The number of amides is 1. The smallest absolute Gasteiger partial charge is 0.410 e. The highest BCUT2D eigenvalue weighted by Gasteiger charge is 2.60. The largest absolute Gasteiger partial charge is 0.481 e. The number of piperidine rings is 1. The van der Waals surface area contributed by atoms with Gasteiger partial charge in [-0.25, -0.2) is 4.79 Å². The molecule has 2 fully saturated rings. The van der Waals surface area contributed by atoms with E-state index in [0.29, 0.717) is 13.0 Å². The lowest BCUT2D eigenvalue weighted by Crippen LogP contribution is -2.54. The third kappa shape index (κ3) is 2.31. The number of carboxylic acid groups (broad SMARTS) is 1. The Morgan fingerprint density at radius 1 is 1.33 bits per heavy atom. The molecule has 1 unspecified atom stereocenters. The van der Waals surface area contributed by atoms with Gasteiger partial charge in [-0.2, -0.15) is 0 Å². The number of hydrogen-bond acceptors (Lipinski definition) is 3. The molecule has 1 saturated heterocycles. The van der Waals surface area contributed by atoms with Gasteiger partial charge in [-0.1, -0.05) is 0 Å². The Labute approximate surface area is 107 Å². The molecule has 0 aromatic heterocycles. The molecule has 0 aromatic carbocycles. The average Bonchev–Trinajstić information content (AvgIpc) is 2.95. The molecule has 1 N–H and O–H groups in total. The number of aliphatic carboxylic acids is 1. The topological polar surface area (TPSA) is 66.8 Å². The van der Waals surface area contributed by atoms with E-state index in [2.05, 4.69) is 0 Å². The Morgan fingerprint density at radius 3 is 2.39 bits per heavy atom. The van der Waals surface area contributed by atoms with Gasteiger partial charge in [-0.15, -0.1) is 0 Å². The molecule has 0 bridgehead atoms. The Balaban J connectivity index is 2.13. The van der Waals surface area contributed by atoms with Crippen molar-refractivity contribution in [1.82, 2.24) is 4.90 Å². The molecule has 0 aromatic rings. The molecule has 1 heterocycles. The van der Waals surface area contributed by atoms with E-state index in [1.807, 2.05) is 20.8 Å². The average molecular weight is 255 g/mol. The number of hydrogen-bond donors (Lipinski definition) is 1. The van der Waals surface area contributed by atoms with Crippen LogP contribution in [0.5, 0.6) is 0 Å². The van der Waals surface area contributed by atoms with Crippen LogP contribution >= 0.6 is 0 Å². The maximum atomic E-state index is 12.1. The predicted molar refractivity (Wildman–Crippen MR) is 65.3 cm³/mol. The normalized spacial score (nSPS) is 25.9. The lowest BCUT2D eigenvalue weighted by Gasteiger charge is -2.40. The van der Waals surface area contributed by atoms with E-state index >= 15 is 0 Å². The second kappa shape index (κ2) is 4.14. The van der Waals surface area contributed by atoms with E-state index in [-0.39, 0.29) is 6.09 Å². The van der Waals surface area contributed by atoms with Gasteiger partial charge in [0, 0.05) is 6.54 Å². The van der Waals surface area contributed by atoms with Crippen molar-refractivity contribution in [2.75, 3.05) is 6.54 Å². The summed E-state index contributed by atoms with van der Waals surface area (Å²) in [6.45, 7) is 6.08. The van der Waals surface area contributed by atoms with Crippen molar-refractivity contribution in [2.24, 2.45) is 5.92 Å². The molecule has 1 amide bonds. The third-order valence-electron chi connectivity index (χ3n) is 3.73. The Kier molecular flexibility index (Phi) is 3.03. The molecule has 0 radical (unpaired) electrons. The van der Waals surface area contributed by atoms with Crippen LogP contribution in [0, 0.1) is 5.92 Å². The van der Waals surface area contributed by atoms with Crippen molar-refractivity contribution in [1.29, 1.82) is 0 Å². The summed E-state index contributed by atoms with van der Waals surface area (Å²) in [5, 5.41) is 9.27. The minimum atomic E-state index is -0.791. The van der Waals surface area contributed by atoms with Gasteiger partial charge in [0.05, 0.1) is 11.5 Å². The van der Waals surface area contributed by atoms with Crippen molar-refractivity contribution in [3.63, 3.8) is 0 Å². The molecule has 18 heavy (non-hydrogen) atoms. The lowest BCUT2D eigenvalue weighted by atomic mass is 9.87. The van der Waals surface area contributed by atoms with Gasteiger partial charge in [-0.3, -0.25) is 4.79 Å². The van der Waals surface area contributed by atoms with Crippen molar-refractivity contribution in [2.45, 2.75) is 57.6 Å². The number of likely N-dealkylation sites (tertiary alicyclic amines) is 1. The second-order valence-electron chi connectivity index (χ2n) is 6.27. The van der Waals surface area contributed by atoms with Gasteiger partial charge >= 0.3 is 12.1 Å². The molecule has 5 heteroatoms. The molecule has 1 aliphatic carbocycles. The molecule has 2 rings (SSSR count). The number of carbonyl (C=O) groups excluding carboxylic acids is 1. The minimum Gasteiger partial charge on any atom is -0.481 e. The number of carbonyl (C=O) groups is 2. The Hall–Kier alpha value is -1.26. The fourth-order valence-electron chi connectivity index (χ4n) is 2.82. The summed E-state index contributed by atoms with van der Waals surface area (Å²) in [6.07, 6.45) is 2.59. The van der Waals surface area contributed by atoms with E-state index in [1.165, 1.54) is 0 Å². The highest BCUT2D eigenvalue weighted by molar-refractivity contribution is 5.77. The van der Waals surface area contributed by atoms with Gasteiger partial charge in [-0.05, 0) is 46.5 Å². The number of rotatable bonds is 1. The van der Waals surface area contributed by atoms with Crippen LogP contribution in [0.15, 0.2) is 0 Å². The first-order valence-corrected chi connectivity index (χ1v) is 6.50. The fourth-order valence-corrected chi connectivity index (χ4v) is 2.82. The maximum absolute atomic E-state index is 12.1. The summed E-state index contributed by atoms with van der Waals surface area (Å²) >= 11 is 0. The SMILES string of the molecule is CC(C)(C)OC(=O)N1CCCC(C(=O)O)C12CC2. The molecular formula is C13H21NO4. The van der Waals surface area contributed by atoms with Crippen LogP contribution in [-0.2, 0) is 9.53 Å². The first kappa shape index (κ1) is 13.2. The van der Waals surface area contributed by atoms with Gasteiger partial charge in [0.25, 0.3) is 0 Å². The molecule has 1 saturated carbocycles. The van der Waals surface area contributed by atoms with Crippen molar-refractivity contribution in [3.05, 3.63) is 0 Å². The lowest BCUT2D eigenvalue weighted by molar-refractivity contribution is -0.146. The quantitative estimate of drug-likeness (QED) is 0.780. The van der Waals surface area contributed by atoms with Crippen LogP contribution in [0.3, 0.4) is 0 Å². The molecular weight excluding hydrogens is 234 g/mol.